The molecule has 0 heterocycles. The van der Waals surface area contributed by atoms with Crippen LogP contribution in [0, 0.1) is 5.39 Å². The van der Waals surface area contributed by atoms with Gasteiger partial charge in [-0.2, -0.15) is 0 Å². The van der Waals surface area contributed by atoms with Crippen molar-refractivity contribution < 1.29 is 13.0 Å². The van der Waals surface area contributed by atoms with E-state index in [1.54, 1.807) is 0 Å². The lowest BCUT2D eigenvalue weighted by atomic mass is 10.3. The highest BCUT2D eigenvalue weighted by Crippen LogP contribution is 2.22. The number of rotatable bonds is 1. The van der Waals surface area contributed by atoms with Crippen molar-refractivity contribution >= 4 is 15.8 Å². The Labute approximate surface area is 69.0 Å². The van der Waals surface area contributed by atoms with Crippen LogP contribution in [0.25, 0.3) is 4.98 Å². The Morgan fingerprint density at radius 3 is 2.33 bits per heavy atom. The molecule has 0 amide bonds. The quantitative estimate of drug-likeness (QED) is 0.482. The van der Waals surface area contributed by atoms with Crippen LogP contribution in [0.5, 0.6) is 0 Å². The maximum atomic E-state index is 10.5. The summed E-state index contributed by atoms with van der Waals surface area (Å²) in [4.78, 5) is 2.14. The average molecular weight is 184 g/mol. The van der Waals surface area contributed by atoms with E-state index >= 15 is 0 Å². The predicted octanol–water partition coefficient (Wildman–Crippen LogP) is 1.08. The maximum absolute atomic E-state index is 10.5. The van der Waals surface area contributed by atoms with E-state index in [9.17, 15) is 13.0 Å². The van der Waals surface area contributed by atoms with Crippen molar-refractivity contribution in [2.45, 2.75) is 4.90 Å². The number of hydrogen-bond donors (Lipinski definition) is 0. The lowest BCUT2D eigenvalue weighted by molar-refractivity contribution is 0.463. The standard InChI is InChI=1S/C6H4N2O3S/c7-8-5-3-1-2-4-6(5)12(9,10)11/h1-4H. The molecule has 62 valence electrons. The fourth-order valence-electron chi connectivity index (χ4n) is 0.751. The molecule has 0 radical (unpaired) electrons. The summed E-state index contributed by atoms with van der Waals surface area (Å²) in [6, 6.07) is 5.14. The summed E-state index contributed by atoms with van der Waals surface area (Å²) in [7, 11) is -4.55. The Morgan fingerprint density at radius 1 is 1.33 bits per heavy atom. The van der Waals surface area contributed by atoms with Crippen LogP contribution >= 0.6 is 0 Å². The van der Waals surface area contributed by atoms with Gasteiger partial charge >= 0.3 is 5.69 Å². The normalized spacial score (nSPS) is 10.7. The van der Waals surface area contributed by atoms with Crippen molar-refractivity contribution in [2.75, 3.05) is 0 Å². The highest BCUT2D eigenvalue weighted by molar-refractivity contribution is 7.86. The maximum Gasteiger partial charge on any atom is 0.402 e. The largest absolute Gasteiger partial charge is 0.744 e. The average Bonchev–Trinajstić information content (AvgIpc) is 2.03. The lowest BCUT2D eigenvalue weighted by Gasteiger charge is -2.02. The Hall–Kier alpha value is -1.45. The van der Waals surface area contributed by atoms with E-state index in [2.05, 4.69) is 4.98 Å². The van der Waals surface area contributed by atoms with Crippen LogP contribution in [-0.4, -0.2) is 13.0 Å². The number of benzene rings is 1. The first kappa shape index (κ1) is 8.64. The molecule has 0 N–H and O–H groups in total. The third-order valence-electron chi connectivity index (χ3n) is 1.24. The lowest BCUT2D eigenvalue weighted by Crippen LogP contribution is -1.97. The molecule has 0 aromatic heterocycles. The molecule has 5 nitrogen and oxygen atoms in total. The van der Waals surface area contributed by atoms with E-state index in [0.717, 1.165) is 6.07 Å². The Balaban J connectivity index is 3.47. The molecular weight excluding hydrogens is 180 g/mol. The van der Waals surface area contributed by atoms with Gasteiger partial charge in [-0.05, 0) is 6.07 Å². The molecule has 0 spiro atoms. The summed E-state index contributed by atoms with van der Waals surface area (Å²) in [5.74, 6) is 0. The summed E-state index contributed by atoms with van der Waals surface area (Å²) in [5.41, 5.74) is -0.243. The van der Waals surface area contributed by atoms with Crippen LogP contribution in [0.15, 0.2) is 29.2 Å². The molecule has 0 aliphatic rings. The van der Waals surface area contributed by atoms with Gasteiger partial charge in [0.1, 0.15) is 15.0 Å². The van der Waals surface area contributed by atoms with Crippen molar-refractivity contribution in [3.63, 3.8) is 0 Å². The van der Waals surface area contributed by atoms with E-state index in [1.165, 1.54) is 18.2 Å². The smallest absolute Gasteiger partial charge is 0.402 e. The van der Waals surface area contributed by atoms with Crippen molar-refractivity contribution in [1.82, 2.24) is 0 Å². The first-order valence-corrected chi connectivity index (χ1v) is 4.36. The van der Waals surface area contributed by atoms with E-state index in [0.29, 0.717) is 0 Å². The van der Waals surface area contributed by atoms with Gasteiger partial charge in [0.05, 0.1) is 0 Å². The highest BCUT2D eigenvalue weighted by Gasteiger charge is 2.16. The number of nitrogens with zero attached hydrogens (tertiary/aromatic N) is 2. The molecule has 6 heteroatoms. The van der Waals surface area contributed by atoms with Crippen molar-refractivity contribution in [3.05, 3.63) is 29.2 Å². The number of diazo groups is 1. The minimum atomic E-state index is -4.55. The molecule has 0 bridgehead atoms. The Morgan fingerprint density at radius 2 is 1.92 bits per heavy atom. The van der Waals surface area contributed by atoms with Gasteiger partial charge < -0.3 is 4.55 Å². The van der Waals surface area contributed by atoms with Crippen LogP contribution in [-0.2, 0) is 10.1 Å². The summed E-state index contributed by atoms with van der Waals surface area (Å²) >= 11 is 0. The third kappa shape index (κ3) is 1.58. The Bertz CT molecular complexity index is 432. The second kappa shape index (κ2) is 2.89. The molecule has 0 saturated heterocycles. The van der Waals surface area contributed by atoms with Gasteiger partial charge in [-0.15, -0.1) is 0 Å². The fraction of sp³-hybridized carbons (Fsp3) is 0. The molecule has 1 rings (SSSR count). The first-order valence-electron chi connectivity index (χ1n) is 2.96. The van der Waals surface area contributed by atoms with Crippen LogP contribution in [0.2, 0.25) is 0 Å². The van der Waals surface area contributed by atoms with Gasteiger partial charge in [0, 0.05) is 6.07 Å². The van der Waals surface area contributed by atoms with Gasteiger partial charge in [-0.3, -0.25) is 0 Å². The highest BCUT2D eigenvalue weighted by atomic mass is 32.2. The molecular formula is C6H4N2O3S. The summed E-state index contributed by atoms with van der Waals surface area (Å²) in [6.45, 7) is 0. The SMILES string of the molecule is N#[N+]c1ccccc1S(=O)(=O)[O-]. The fourth-order valence-corrected chi connectivity index (χ4v) is 1.36. The number of hydrogen-bond acceptors (Lipinski definition) is 4. The minimum absolute atomic E-state index is 0.243. The molecule has 1 aromatic rings. The minimum Gasteiger partial charge on any atom is -0.744 e. The zero-order valence-electron chi connectivity index (χ0n) is 5.84. The van der Waals surface area contributed by atoms with Gasteiger partial charge in [0.25, 0.3) is 0 Å². The van der Waals surface area contributed by atoms with Crippen molar-refractivity contribution in [1.29, 1.82) is 5.39 Å². The van der Waals surface area contributed by atoms with Gasteiger partial charge in [0.2, 0.25) is 5.39 Å². The Kier molecular flexibility index (Phi) is 2.08. The zero-order chi connectivity index (χ0) is 9.19. The van der Waals surface area contributed by atoms with Crippen LogP contribution in [0.1, 0.15) is 0 Å². The third-order valence-corrected chi connectivity index (χ3v) is 2.13. The topological polar surface area (TPSA) is 85.3 Å². The molecule has 0 fully saturated rings. The second-order valence-electron chi connectivity index (χ2n) is 2.02. The predicted molar refractivity (Wildman–Crippen MR) is 39.1 cm³/mol. The van der Waals surface area contributed by atoms with Crippen LogP contribution < -0.4 is 0 Å². The molecule has 0 aliphatic heterocycles. The molecule has 0 atom stereocenters. The van der Waals surface area contributed by atoms with Crippen LogP contribution in [0.3, 0.4) is 0 Å². The monoisotopic (exact) mass is 184 g/mol. The van der Waals surface area contributed by atoms with E-state index in [1.807, 2.05) is 0 Å². The van der Waals surface area contributed by atoms with E-state index < -0.39 is 15.0 Å². The van der Waals surface area contributed by atoms with E-state index in [4.69, 9.17) is 5.39 Å². The molecule has 0 aliphatic carbocycles. The summed E-state index contributed by atoms with van der Waals surface area (Å²) < 4.78 is 31.5. The van der Waals surface area contributed by atoms with Crippen molar-refractivity contribution in [3.8, 4) is 0 Å². The zero-order valence-corrected chi connectivity index (χ0v) is 6.65. The summed E-state index contributed by atoms with van der Waals surface area (Å²) in [5, 5.41) is 8.30. The first-order chi connectivity index (χ1) is 5.55. The summed E-state index contributed by atoms with van der Waals surface area (Å²) in [6.07, 6.45) is 0. The molecule has 1 aromatic carbocycles. The molecule has 0 unspecified atom stereocenters. The molecule has 0 saturated carbocycles. The van der Waals surface area contributed by atoms with Gasteiger partial charge in [0.15, 0.2) is 4.98 Å². The molecule has 12 heavy (non-hydrogen) atoms. The van der Waals surface area contributed by atoms with Gasteiger partial charge in [-0.1, -0.05) is 12.1 Å². The van der Waals surface area contributed by atoms with Gasteiger partial charge in [-0.25, -0.2) is 8.42 Å². The van der Waals surface area contributed by atoms with Crippen LogP contribution in [0.4, 0.5) is 5.69 Å². The second-order valence-corrected chi connectivity index (χ2v) is 3.37. The van der Waals surface area contributed by atoms with E-state index in [-0.39, 0.29) is 5.69 Å². The van der Waals surface area contributed by atoms with Crippen molar-refractivity contribution in [2.24, 2.45) is 0 Å².